The third-order valence-corrected chi connectivity index (χ3v) is 11.9. The number of imidazole rings is 1. The quantitative estimate of drug-likeness (QED) is 0.125. The van der Waals surface area contributed by atoms with Crippen molar-refractivity contribution in [2.24, 2.45) is 18.9 Å². The van der Waals surface area contributed by atoms with Crippen molar-refractivity contribution in [1.82, 2.24) is 34.4 Å². The summed E-state index contributed by atoms with van der Waals surface area (Å²) in [6.45, 7) is 13.4. The minimum Gasteiger partial charge on any atom is -0.477 e. The molecule has 316 valence electrons. The van der Waals surface area contributed by atoms with Crippen LogP contribution in [-0.2, 0) is 27.9 Å². The first kappa shape index (κ1) is 43.1. The van der Waals surface area contributed by atoms with E-state index in [9.17, 15) is 24.3 Å². The van der Waals surface area contributed by atoms with Gasteiger partial charge in [-0.3, -0.25) is 19.1 Å². The van der Waals surface area contributed by atoms with Gasteiger partial charge in [0.15, 0.2) is 12.4 Å². The van der Waals surface area contributed by atoms with Crippen LogP contribution in [-0.4, -0.2) is 131 Å². The average molecular weight is 815 g/mol. The van der Waals surface area contributed by atoms with Crippen LogP contribution in [0.25, 0.3) is 22.4 Å². The normalized spacial score (nSPS) is 15.5. The number of halogens is 1. The first-order chi connectivity index (χ1) is 28.3. The number of nitrogens with zero attached hydrogens (tertiary/aromatic N) is 6. The number of carbonyl (C=O) groups excluding carboxylic acids is 3. The number of amides is 3. The third kappa shape index (κ3) is 9.72. The zero-order valence-corrected chi connectivity index (χ0v) is 34.9. The number of anilines is 1. The lowest BCUT2D eigenvalue weighted by Crippen LogP contribution is -3.14. The largest absolute Gasteiger partial charge is 0.477 e. The number of quaternary nitrogens is 1. The molecular weight excluding hydrogens is 758 g/mol. The lowest BCUT2D eigenvalue weighted by molar-refractivity contribution is -0.897. The predicted octanol–water partition coefficient (Wildman–Crippen LogP) is 2.80. The van der Waals surface area contributed by atoms with Gasteiger partial charge in [-0.15, -0.1) is 0 Å². The van der Waals surface area contributed by atoms with Crippen molar-refractivity contribution < 1.29 is 38.3 Å². The Hall–Kier alpha value is -5.45. The zero-order valence-electron chi connectivity index (χ0n) is 34.9. The molecular formula is C43H57FN9O6+. The summed E-state index contributed by atoms with van der Waals surface area (Å²) in [5.74, 6) is -1.33. The number of nitrogens with one attached hydrogen (secondary N) is 3. The molecule has 0 radical (unpaired) electrons. The summed E-state index contributed by atoms with van der Waals surface area (Å²) < 4.78 is 24.5. The Morgan fingerprint density at radius 2 is 1.73 bits per heavy atom. The van der Waals surface area contributed by atoms with Crippen LogP contribution in [0.2, 0.25) is 0 Å². The summed E-state index contributed by atoms with van der Waals surface area (Å²) in [6.07, 6.45) is 4.51. The molecule has 0 aliphatic carbocycles. The molecule has 59 heavy (non-hydrogen) atoms. The molecule has 0 bridgehead atoms. The van der Waals surface area contributed by atoms with Crippen LogP contribution in [0.3, 0.4) is 0 Å². The van der Waals surface area contributed by atoms with Crippen LogP contribution in [0.15, 0.2) is 42.7 Å². The molecule has 4 N–H and O–H groups in total. The molecule has 0 spiro atoms. The van der Waals surface area contributed by atoms with Gasteiger partial charge in [0.05, 0.1) is 44.3 Å². The van der Waals surface area contributed by atoms with Crippen LogP contribution in [0, 0.1) is 38.4 Å². The van der Waals surface area contributed by atoms with E-state index >= 15 is 4.39 Å². The molecule has 15 nitrogen and oxygen atoms in total. The van der Waals surface area contributed by atoms with Crippen LogP contribution < -0.4 is 15.5 Å². The number of piperazine rings is 1. The number of aromatic nitrogens is 4. The van der Waals surface area contributed by atoms with E-state index in [2.05, 4.69) is 20.7 Å². The molecule has 2 atom stereocenters. The maximum atomic E-state index is 15.9. The number of methoxy groups -OCH3 is 1. The number of aryl methyl sites for hydroxylation is 1. The number of carboxylic acids is 1. The highest BCUT2D eigenvalue weighted by atomic mass is 19.1. The van der Waals surface area contributed by atoms with Crippen molar-refractivity contribution in [3.8, 4) is 22.4 Å². The number of hydrogen-bond acceptors (Lipinski definition) is 8. The first-order valence-corrected chi connectivity index (χ1v) is 20.4. The fraction of sp³-hybridized carbons (Fsp3) is 0.488. The Morgan fingerprint density at radius 1 is 1.02 bits per heavy atom. The first-order valence-electron chi connectivity index (χ1n) is 20.4. The SMILES string of the molecule is CCC(CC[NH+](CC(=O)O)CC1CNC1)C(=O)N1CCN(C(=O)c2ccc(NC(=O)c3ncc(-c4ccc(-c5cnn(CCOC)c5C)c(F)c4C)n3C)cc2C)CC1. The highest BCUT2D eigenvalue weighted by Crippen LogP contribution is 2.34. The van der Waals surface area contributed by atoms with Crippen LogP contribution in [0.4, 0.5) is 10.1 Å². The minimum absolute atomic E-state index is 0.0461. The fourth-order valence-electron chi connectivity index (χ4n) is 8.14. The lowest BCUT2D eigenvalue weighted by Gasteiger charge is -2.37. The van der Waals surface area contributed by atoms with Gasteiger partial charge in [0.2, 0.25) is 5.91 Å². The maximum Gasteiger partial charge on any atom is 0.359 e. The van der Waals surface area contributed by atoms with Gasteiger partial charge in [0, 0.05) is 105 Å². The molecule has 2 fully saturated rings. The third-order valence-electron chi connectivity index (χ3n) is 11.9. The highest BCUT2D eigenvalue weighted by molar-refractivity contribution is 6.03. The molecule has 16 heteroatoms. The van der Waals surface area contributed by atoms with E-state index in [0.29, 0.717) is 109 Å². The Kier molecular flexibility index (Phi) is 14.0. The lowest BCUT2D eigenvalue weighted by atomic mass is 9.98. The second-order valence-electron chi connectivity index (χ2n) is 15.8. The summed E-state index contributed by atoms with van der Waals surface area (Å²) in [5, 5.41) is 19.9. The van der Waals surface area contributed by atoms with E-state index in [4.69, 9.17) is 4.74 Å². The number of carbonyl (C=O) groups is 4. The molecule has 2 saturated heterocycles. The van der Waals surface area contributed by atoms with Crippen molar-refractivity contribution in [2.45, 2.75) is 47.1 Å². The molecule has 4 aromatic rings. The number of ether oxygens (including phenoxy) is 1. The van der Waals surface area contributed by atoms with E-state index in [1.54, 1.807) is 71.9 Å². The molecule has 3 amide bonds. The summed E-state index contributed by atoms with van der Waals surface area (Å²) >= 11 is 0. The highest BCUT2D eigenvalue weighted by Gasteiger charge is 2.31. The van der Waals surface area contributed by atoms with Crippen molar-refractivity contribution in [3.63, 3.8) is 0 Å². The van der Waals surface area contributed by atoms with Gasteiger partial charge in [-0.2, -0.15) is 5.10 Å². The van der Waals surface area contributed by atoms with E-state index in [0.717, 1.165) is 30.2 Å². The summed E-state index contributed by atoms with van der Waals surface area (Å²) in [5.41, 5.74) is 5.28. The van der Waals surface area contributed by atoms with Gasteiger partial charge in [0.25, 0.3) is 11.8 Å². The van der Waals surface area contributed by atoms with Gasteiger partial charge in [-0.1, -0.05) is 19.1 Å². The van der Waals surface area contributed by atoms with Crippen molar-refractivity contribution >= 4 is 29.4 Å². The molecule has 2 unspecified atom stereocenters. The topological polar surface area (TPSA) is 168 Å². The molecule has 2 aliphatic heterocycles. The Morgan fingerprint density at radius 3 is 2.37 bits per heavy atom. The Balaban J connectivity index is 1.04. The minimum atomic E-state index is -0.829. The van der Waals surface area contributed by atoms with Crippen LogP contribution >= 0.6 is 0 Å². The van der Waals surface area contributed by atoms with Gasteiger partial charge in [-0.05, 0) is 56.5 Å². The number of carboxylic acid groups (broad SMARTS) is 1. The van der Waals surface area contributed by atoms with E-state index < -0.39 is 11.9 Å². The smallest absolute Gasteiger partial charge is 0.359 e. The molecule has 2 aromatic carbocycles. The summed E-state index contributed by atoms with van der Waals surface area (Å²) in [4.78, 5) is 61.1. The van der Waals surface area contributed by atoms with Gasteiger partial charge in [-0.25, -0.2) is 14.2 Å². The standard InChI is InChI=1S/C43H56FN9O6/c1-7-31(12-13-50(26-38(54)55)25-30-21-45-22-30)42(57)51-14-16-52(17-15-51)43(58)33-9-8-32(20-27(33)2)48-41(56)40-46-24-37(49(40)5)34-10-11-35(39(44)28(34)3)36-23-47-53(29(36)4)18-19-59-6/h8-11,20,23-24,30-31,45H,7,12-19,21-22,25-26H2,1-6H3,(H,48,56)(H,54,55)/p+1. The van der Waals surface area contributed by atoms with Crippen molar-refractivity contribution in [3.05, 3.63) is 76.8 Å². The Bertz CT molecular complexity index is 2170. The van der Waals surface area contributed by atoms with E-state index in [1.807, 2.05) is 31.7 Å². The number of benzene rings is 2. The number of aliphatic carboxylic acids is 1. The summed E-state index contributed by atoms with van der Waals surface area (Å²) in [6, 6.07) is 8.68. The molecule has 2 aliphatic rings. The van der Waals surface area contributed by atoms with Gasteiger partial charge >= 0.3 is 5.97 Å². The second kappa shape index (κ2) is 19.1. The summed E-state index contributed by atoms with van der Waals surface area (Å²) in [7, 11) is 3.33. The van der Waals surface area contributed by atoms with Crippen LogP contribution in [0.1, 0.15) is 57.6 Å². The molecule has 2 aromatic heterocycles. The predicted molar refractivity (Wildman–Crippen MR) is 221 cm³/mol. The average Bonchev–Trinajstić information content (AvgIpc) is 3.77. The second-order valence-corrected chi connectivity index (χ2v) is 15.8. The van der Waals surface area contributed by atoms with Crippen molar-refractivity contribution in [2.75, 3.05) is 77.9 Å². The molecule has 6 rings (SSSR count). The monoisotopic (exact) mass is 814 g/mol. The Labute approximate surface area is 344 Å². The molecule has 4 heterocycles. The number of rotatable bonds is 17. The van der Waals surface area contributed by atoms with Crippen LogP contribution in [0.5, 0.6) is 0 Å². The number of hydrogen-bond donors (Lipinski definition) is 4. The zero-order chi connectivity index (χ0) is 42.4. The van der Waals surface area contributed by atoms with Gasteiger partial charge in [0.1, 0.15) is 5.82 Å². The van der Waals surface area contributed by atoms with E-state index in [-0.39, 0.29) is 35.9 Å². The fourth-order valence-corrected chi connectivity index (χ4v) is 8.14. The maximum absolute atomic E-state index is 15.9. The van der Waals surface area contributed by atoms with E-state index in [1.165, 1.54) is 0 Å². The van der Waals surface area contributed by atoms with Gasteiger partial charge < -0.3 is 39.7 Å². The van der Waals surface area contributed by atoms with Crippen molar-refractivity contribution in [1.29, 1.82) is 0 Å². The molecule has 0 saturated carbocycles.